The van der Waals surface area contributed by atoms with Gasteiger partial charge in [0.25, 0.3) is 0 Å². The summed E-state index contributed by atoms with van der Waals surface area (Å²) in [4.78, 5) is 31.1. The number of hydrogen-bond acceptors (Lipinski definition) is 3. The Hall–Kier alpha value is -2.31. The van der Waals surface area contributed by atoms with Crippen LogP contribution < -0.4 is 5.32 Å². The van der Waals surface area contributed by atoms with Crippen molar-refractivity contribution >= 4 is 12.0 Å². The average molecular weight is 280 g/mol. The molecule has 0 saturated carbocycles. The van der Waals surface area contributed by atoms with E-state index in [4.69, 9.17) is 5.11 Å². The van der Waals surface area contributed by atoms with Crippen LogP contribution in [0.25, 0.3) is 0 Å². The first-order valence-corrected chi connectivity index (χ1v) is 6.37. The molecule has 0 radical (unpaired) electrons. The molecule has 0 unspecified atom stereocenters. The van der Waals surface area contributed by atoms with Crippen LogP contribution in [0.4, 0.5) is 4.79 Å². The lowest BCUT2D eigenvalue weighted by molar-refractivity contribution is -0.139. The lowest BCUT2D eigenvalue weighted by atomic mass is 10.1. The molecule has 1 heterocycles. The van der Waals surface area contributed by atoms with Gasteiger partial charge in [0.05, 0.1) is 6.33 Å². The van der Waals surface area contributed by atoms with Crippen LogP contribution in [-0.2, 0) is 11.2 Å². The summed E-state index contributed by atoms with van der Waals surface area (Å²) in [5, 5.41) is 11.6. The number of carbonyl (C=O) groups excluding carboxylic acids is 1. The first kappa shape index (κ1) is 15.7. The molecular formula is C13H20N4O3. The number of nitrogens with zero attached hydrogens (tertiary/aromatic N) is 2. The topological polar surface area (TPSA) is 98.3 Å². The smallest absolute Gasteiger partial charge is 0.326 e. The highest BCUT2D eigenvalue weighted by atomic mass is 16.4. The van der Waals surface area contributed by atoms with Crippen molar-refractivity contribution in [3.8, 4) is 0 Å². The van der Waals surface area contributed by atoms with E-state index in [1.165, 1.54) is 17.4 Å². The Morgan fingerprint density at radius 3 is 2.95 bits per heavy atom. The Morgan fingerprint density at radius 2 is 2.40 bits per heavy atom. The molecule has 1 atom stereocenters. The quantitative estimate of drug-likeness (QED) is 0.489. The summed E-state index contributed by atoms with van der Waals surface area (Å²) >= 11 is 0. The largest absolute Gasteiger partial charge is 0.480 e. The maximum absolute atomic E-state index is 11.9. The van der Waals surface area contributed by atoms with Gasteiger partial charge in [-0.1, -0.05) is 6.08 Å². The molecule has 0 spiro atoms. The second-order valence-corrected chi connectivity index (χ2v) is 4.47. The Balaban J connectivity index is 2.50. The average Bonchev–Trinajstić information content (AvgIpc) is 2.90. The van der Waals surface area contributed by atoms with Gasteiger partial charge in [-0.25, -0.2) is 14.6 Å². The van der Waals surface area contributed by atoms with Crippen molar-refractivity contribution in [2.45, 2.75) is 25.3 Å². The lowest BCUT2D eigenvalue weighted by Crippen LogP contribution is -2.48. The maximum atomic E-state index is 11.9. The molecule has 2 amide bonds. The van der Waals surface area contributed by atoms with E-state index in [-0.39, 0.29) is 6.42 Å². The molecule has 3 N–H and O–H groups in total. The number of allylic oxidation sites excluding steroid dienone is 1. The van der Waals surface area contributed by atoms with Gasteiger partial charge >= 0.3 is 12.0 Å². The molecule has 0 bridgehead atoms. The maximum Gasteiger partial charge on any atom is 0.326 e. The van der Waals surface area contributed by atoms with Crippen LogP contribution >= 0.6 is 0 Å². The molecule has 0 aromatic carbocycles. The van der Waals surface area contributed by atoms with E-state index >= 15 is 0 Å². The second-order valence-electron chi connectivity index (χ2n) is 4.47. The monoisotopic (exact) mass is 280 g/mol. The molecule has 1 aromatic heterocycles. The van der Waals surface area contributed by atoms with Crippen molar-refractivity contribution in [3.05, 3.63) is 30.9 Å². The van der Waals surface area contributed by atoms with E-state index in [9.17, 15) is 9.59 Å². The number of aliphatic carboxylic acids is 1. The first-order chi connectivity index (χ1) is 9.54. The van der Waals surface area contributed by atoms with Gasteiger partial charge in [-0.15, -0.1) is 6.58 Å². The molecular weight excluding hydrogens is 260 g/mol. The van der Waals surface area contributed by atoms with Crippen molar-refractivity contribution in [1.29, 1.82) is 0 Å². The van der Waals surface area contributed by atoms with Crippen LogP contribution in [0.5, 0.6) is 0 Å². The number of hydrogen-bond donors (Lipinski definition) is 3. The lowest BCUT2D eigenvalue weighted by Gasteiger charge is -2.21. The van der Waals surface area contributed by atoms with Crippen LogP contribution in [0.2, 0.25) is 0 Å². The van der Waals surface area contributed by atoms with Gasteiger partial charge in [-0.2, -0.15) is 0 Å². The summed E-state index contributed by atoms with van der Waals surface area (Å²) in [5.74, 6) is -1.08. The minimum Gasteiger partial charge on any atom is -0.480 e. The number of aromatic amines is 1. The zero-order valence-electron chi connectivity index (χ0n) is 11.5. The van der Waals surface area contributed by atoms with E-state index in [2.05, 4.69) is 21.9 Å². The number of nitrogens with one attached hydrogen (secondary N) is 2. The van der Waals surface area contributed by atoms with Crippen LogP contribution in [0.1, 0.15) is 18.5 Å². The molecule has 0 saturated heterocycles. The third-order valence-corrected chi connectivity index (χ3v) is 2.82. The van der Waals surface area contributed by atoms with Gasteiger partial charge in [0.2, 0.25) is 0 Å². The molecule has 7 nitrogen and oxygen atoms in total. The Bertz CT molecular complexity index is 444. The third kappa shape index (κ3) is 5.13. The zero-order chi connectivity index (χ0) is 15.0. The number of aromatic nitrogens is 2. The fraction of sp³-hybridized carbons (Fsp3) is 0.462. The summed E-state index contributed by atoms with van der Waals surface area (Å²) < 4.78 is 0. The van der Waals surface area contributed by atoms with E-state index in [1.54, 1.807) is 13.1 Å². The summed E-state index contributed by atoms with van der Waals surface area (Å²) in [6, 6.07) is -1.38. The van der Waals surface area contributed by atoms with Gasteiger partial charge < -0.3 is 20.3 Å². The minimum absolute atomic E-state index is 0.168. The van der Waals surface area contributed by atoms with E-state index in [1.807, 2.05) is 0 Å². The van der Waals surface area contributed by atoms with Gasteiger partial charge in [-0.3, -0.25) is 0 Å². The molecule has 110 valence electrons. The first-order valence-electron chi connectivity index (χ1n) is 6.37. The molecule has 0 aliphatic rings. The normalized spacial score (nSPS) is 11.7. The number of H-pyrrole nitrogens is 1. The standard InChI is InChI=1S/C13H20N4O3/c1-3-4-5-6-17(2)13(20)16-11(12(18)19)7-10-8-14-9-15-10/h3,8-9,11H,1,4-7H2,2H3,(H,14,15)(H,16,20)(H,18,19)/t11-/m1/s1. The number of rotatable bonds is 8. The van der Waals surface area contributed by atoms with E-state index in [0.29, 0.717) is 12.2 Å². The van der Waals surface area contributed by atoms with Crippen molar-refractivity contribution in [2.24, 2.45) is 0 Å². The van der Waals surface area contributed by atoms with Crippen LogP contribution in [0.3, 0.4) is 0 Å². The number of unbranched alkanes of at least 4 members (excludes halogenated alkanes) is 1. The number of carbonyl (C=O) groups is 2. The highest BCUT2D eigenvalue weighted by Gasteiger charge is 2.22. The van der Waals surface area contributed by atoms with Gasteiger partial charge in [-0.05, 0) is 12.8 Å². The highest BCUT2D eigenvalue weighted by Crippen LogP contribution is 2.01. The summed E-state index contributed by atoms with van der Waals surface area (Å²) in [5.41, 5.74) is 0.659. The third-order valence-electron chi connectivity index (χ3n) is 2.82. The van der Waals surface area contributed by atoms with Gasteiger partial charge in [0, 0.05) is 31.9 Å². The number of carboxylic acid groups (broad SMARTS) is 1. The summed E-state index contributed by atoms with van der Waals surface area (Å²) in [6.45, 7) is 4.16. The molecule has 1 rings (SSSR count). The number of amides is 2. The number of imidazole rings is 1. The van der Waals surface area contributed by atoms with Crippen molar-refractivity contribution in [2.75, 3.05) is 13.6 Å². The highest BCUT2D eigenvalue weighted by molar-refractivity contribution is 5.82. The predicted molar refractivity (Wildman–Crippen MR) is 74.3 cm³/mol. The molecule has 0 aliphatic carbocycles. The van der Waals surface area contributed by atoms with Gasteiger partial charge in [0.15, 0.2) is 0 Å². The molecule has 7 heteroatoms. The number of carboxylic acids is 1. The summed E-state index contributed by atoms with van der Waals surface area (Å²) in [6.07, 6.45) is 6.57. The fourth-order valence-electron chi connectivity index (χ4n) is 1.65. The molecule has 0 fully saturated rings. The zero-order valence-corrected chi connectivity index (χ0v) is 11.5. The Kier molecular flexibility index (Phi) is 6.28. The van der Waals surface area contributed by atoms with Crippen molar-refractivity contribution < 1.29 is 14.7 Å². The van der Waals surface area contributed by atoms with E-state index in [0.717, 1.165) is 12.8 Å². The molecule has 1 aromatic rings. The SMILES string of the molecule is C=CCCCN(C)C(=O)N[C@H](Cc1cnc[nH]1)C(=O)O. The van der Waals surface area contributed by atoms with Gasteiger partial charge in [0.1, 0.15) is 6.04 Å². The number of urea groups is 1. The minimum atomic E-state index is -1.08. The summed E-state index contributed by atoms with van der Waals surface area (Å²) in [7, 11) is 1.63. The van der Waals surface area contributed by atoms with E-state index < -0.39 is 18.0 Å². The Labute approximate surface area is 117 Å². The van der Waals surface area contributed by atoms with Crippen molar-refractivity contribution in [3.63, 3.8) is 0 Å². The molecule has 0 aliphatic heterocycles. The fourth-order valence-corrected chi connectivity index (χ4v) is 1.65. The molecule has 20 heavy (non-hydrogen) atoms. The van der Waals surface area contributed by atoms with Crippen molar-refractivity contribution in [1.82, 2.24) is 20.2 Å². The second kappa shape index (κ2) is 7.98. The Morgan fingerprint density at radius 1 is 1.65 bits per heavy atom. The van der Waals surface area contributed by atoms with Crippen LogP contribution in [0, 0.1) is 0 Å². The van der Waals surface area contributed by atoms with Crippen LogP contribution in [-0.4, -0.2) is 51.6 Å². The van der Waals surface area contributed by atoms with Crippen LogP contribution in [0.15, 0.2) is 25.2 Å². The predicted octanol–water partition coefficient (Wildman–Crippen LogP) is 1.01.